The molecule has 0 saturated heterocycles. The van der Waals surface area contributed by atoms with Gasteiger partial charge in [-0.3, -0.25) is 9.48 Å². The van der Waals surface area contributed by atoms with E-state index in [1.807, 2.05) is 0 Å². The Kier molecular flexibility index (Phi) is 3.09. The minimum Gasteiger partial charge on any atom is -0.332 e. The van der Waals surface area contributed by atoms with Gasteiger partial charge in [0, 0.05) is 7.05 Å². The molecule has 6 heteroatoms. The van der Waals surface area contributed by atoms with Crippen LogP contribution in [0.2, 0.25) is 0 Å². The van der Waals surface area contributed by atoms with Crippen molar-refractivity contribution < 1.29 is 4.79 Å². The average molecular weight is 233 g/mol. The molecule has 2 rings (SSSR count). The summed E-state index contributed by atoms with van der Waals surface area (Å²) in [6.45, 7) is 0. The summed E-state index contributed by atoms with van der Waals surface area (Å²) in [6, 6.07) is 2.24. The first kappa shape index (κ1) is 11.6. The van der Waals surface area contributed by atoms with E-state index >= 15 is 0 Å². The van der Waals surface area contributed by atoms with E-state index < -0.39 is 5.54 Å². The highest BCUT2D eigenvalue weighted by molar-refractivity contribution is 5.92. The van der Waals surface area contributed by atoms with Crippen molar-refractivity contribution in [2.24, 2.45) is 7.05 Å². The number of aromatic nitrogens is 3. The second-order valence-corrected chi connectivity index (χ2v) is 4.49. The minimum absolute atomic E-state index is 0.257. The summed E-state index contributed by atoms with van der Waals surface area (Å²) >= 11 is 0. The highest BCUT2D eigenvalue weighted by atomic mass is 16.2. The number of aryl methyl sites for hydroxylation is 1. The molecule has 0 radical (unpaired) electrons. The Balaban J connectivity index is 2.09. The molecule has 0 aliphatic heterocycles. The summed E-state index contributed by atoms with van der Waals surface area (Å²) in [5, 5.41) is 19.5. The predicted molar refractivity (Wildman–Crippen MR) is 59.9 cm³/mol. The summed E-state index contributed by atoms with van der Waals surface area (Å²) in [6.07, 6.45) is 6.07. The van der Waals surface area contributed by atoms with Gasteiger partial charge in [0.25, 0.3) is 5.91 Å². The molecule has 1 aliphatic carbocycles. The third-order valence-corrected chi connectivity index (χ3v) is 3.11. The van der Waals surface area contributed by atoms with E-state index in [4.69, 9.17) is 0 Å². The van der Waals surface area contributed by atoms with Crippen LogP contribution in [0.5, 0.6) is 0 Å². The van der Waals surface area contributed by atoms with Gasteiger partial charge in [-0.15, -0.1) is 5.10 Å². The number of carbonyl (C=O) groups excluding carboxylic acids is 1. The molecule has 6 nitrogen and oxygen atoms in total. The number of carbonyl (C=O) groups is 1. The fourth-order valence-electron chi connectivity index (χ4n) is 2.15. The van der Waals surface area contributed by atoms with E-state index in [9.17, 15) is 10.1 Å². The molecule has 90 valence electrons. The van der Waals surface area contributed by atoms with Gasteiger partial charge in [-0.1, -0.05) is 24.5 Å². The number of rotatable bonds is 2. The van der Waals surface area contributed by atoms with Crippen molar-refractivity contribution >= 4 is 5.91 Å². The van der Waals surface area contributed by atoms with Gasteiger partial charge < -0.3 is 5.32 Å². The molecular formula is C11H15N5O. The maximum absolute atomic E-state index is 11.9. The molecule has 0 atom stereocenters. The van der Waals surface area contributed by atoms with Crippen molar-refractivity contribution in [1.29, 1.82) is 5.26 Å². The van der Waals surface area contributed by atoms with Crippen molar-refractivity contribution in [1.82, 2.24) is 20.3 Å². The van der Waals surface area contributed by atoms with Gasteiger partial charge in [-0.05, 0) is 12.8 Å². The van der Waals surface area contributed by atoms with Gasteiger partial charge in [0.2, 0.25) is 0 Å². The summed E-state index contributed by atoms with van der Waals surface area (Å²) < 4.78 is 1.47. The van der Waals surface area contributed by atoms with Crippen LogP contribution in [0.25, 0.3) is 0 Å². The molecule has 17 heavy (non-hydrogen) atoms. The van der Waals surface area contributed by atoms with Gasteiger partial charge in [0.1, 0.15) is 5.54 Å². The molecule has 1 N–H and O–H groups in total. The van der Waals surface area contributed by atoms with Crippen molar-refractivity contribution in [3.8, 4) is 6.07 Å². The fraction of sp³-hybridized carbons (Fsp3) is 0.636. The van der Waals surface area contributed by atoms with Crippen LogP contribution in [-0.4, -0.2) is 26.4 Å². The summed E-state index contributed by atoms with van der Waals surface area (Å²) in [7, 11) is 1.70. The third-order valence-electron chi connectivity index (χ3n) is 3.11. The summed E-state index contributed by atoms with van der Waals surface area (Å²) in [5.74, 6) is -0.318. The average Bonchev–Trinajstić information content (AvgIpc) is 2.77. The Morgan fingerprint density at radius 3 is 2.76 bits per heavy atom. The molecule has 1 heterocycles. The van der Waals surface area contributed by atoms with Crippen LogP contribution in [0.3, 0.4) is 0 Å². The van der Waals surface area contributed by atoms with Crippen molar-refractivity contribution in [3.05, 3.63) is 11.9 Å². The van der Waals surface area contributed by atoms with Crippen LogP contribution in [0, 0.1) is 11.3 Å². The quantitative estimate of drug-likeness (QED) is 0.817. The Morgan fingerprint density at radius 2 is 2.24 bits per heavy atom. The molecule has 0 spiro atoms. The highest BCUT2D eigenvalue weighted by Crippen LogP contribution is 2.27. The lowest BCUT2D eigenvalue weighted by molar-refractivity contribution is 0.0897. The van der Waals surface area contributed by atoms with Crippen molar-refractivity contribution in [2.75, 3.05) is 0 Å². The molecular weight excluding hydrogens is 218 g/mol. The van der Waals surface area contributed by atoms with Gasteiger partial charge in [0.15, 0.2) is 5.69 Å². The first-order chi connectivity index (χ1) is 8.15. The molecule has 0 unspecified atom stereocenters. The Morgan fingerprint density at radius 1 is 1.53 bits per heavy atom. The first-order valence-corrected chi connectivity index (χ1v) is 5.75. The maximum Gasteiger partial charge on any atom is 0.274 e. The molecule has 1 aromatic heterocycles. The zero-order valence-corrected chi connectivity index (χ0v) is 9.81. The molecule has 1 fully saturated rings. The highest BCUT2D eigenvalue weighted by Gasteiger charge is 2.34. The Labute approximate surface area is 99.6 Å². The monoisotopic (exact) mass is 233 g/mol. The number of amides is 1. The zero-order valence-electron chi connectivity index (χ0n) is 9.81. The lowest BCUT2D eigenvalue weighted by Crippen LogP contribution is -2.48. The maximum atomic E-state index is 11.9. The van der Waals surface area contributed by atoms with E-state index in [0.717, 1.165) is 32.1 Å². The lowest BCUT2D eigenvalue weighted by Gasteiger charge is -2.31. The SMILES string of the molecule is Cn1cc(C(=O)NC2(C#N)CCCCC2)nn1. The summed E-state index contributed by atoms with van der Waals surface area (Å²) in [4.78, 5) is 11.9. The minimum atomic E-state index is -0.715. The molecule has 0 bridgehead atoms. The zero-order chi connectivity index (χ0) is 12.3. The number of nitriles is 1. The van der Waals surface area contributed by atoms with Crippen LogP contribution in [-0.2, 0) is 7.05 Å². The second-order valence-electron chi connectivity index (χ2n) is 4.49. The summed E-state index contributed by atoms with van der Waals surface area (Å²) in [5.41, 5.74) is -0.458. The van der Waals surface area contributed by atoms with Crippen molar-refractivity contribution in [2.45, 2.75) is 37.6 Å². The number of nitrogens with one attached hydrogen (secondary N) is 1. The van der Waals surface area contributed by atoms with Gasteiger partial charge in [-0.2, -0.15) is 5.26 Å². The largest absolute Gasteiger partial charge is 0.332 e. The van der Waals surface area contributed by atoms with Crippen molar-refractivity contribution in [3.63, 3.8) is 0 Å². The molecule has 1 aliphatic rings. The fourth-order valence-corrected chi connectivity index (χ4v) is 2.15. The normalized spacial score (nSPS) is 18.4. The standard InChI is InChI=1S/C11H15N5O/c1-16-7-9(14-15-16)10(17)13-11(8-12)5-3-2-4-6-11/h7H,2-6H2,1H3,(H,13,17). The topological polar surface area (TPSA) is 83.6 Å². The molecule has 0 aromatic carbocycles. The Hall–Kier alpha value is -1.90. The van der Waals surface area contributed by atoms with Gasteiger partial charge in [0.05, 0.1) is 12.3 Å². The van der Waals surface area contributed by atoms with Crippen LogP contribution < -0.4 is 5.32 Å². The van der Waals surface area contributed by atoms with Gasteiger partial charge >= 0.3 is 0 Å². The smallest absolute Gasteiger partial charge is 0.274 e. The number of hydrogen-bond donors (Lipinski definition) is 1. The molecule has 1 amide bonds. The first-order valence-electron chi connectivity index (χ1n) is 5.75. The van der Waals surface area contributed by atoms with Crippen LogP contribution >= 0.6 is 0 Å². The van der Waals surface area contributed by atoms with Gasteiger partial charge in [-0.25, -0.2) is 0 Å². The Bertz CT molecular complexity index is 453. The van der Waals surface area contributed by atoms with E-state index in [1.54, 1.807) is 13.2 Å². The van der Waals surface area contributed by atoms with Crippen LogP contribution in [0.4, 0.5) is 0 Å². The lowest BCUT2D eigenvalue weighted by atomic mass is 9.83. The van der Waals surface area contributed by atoms with Crippen LogP contribution in [0.15, 0.2) is 6.20 Å². The number of hydrogen-bond acceptors (Lipinski definition) is 4. The number of nitrogens with zero attached hydrogens (tertiary/aromatic N) is 4. The second kappa shape index (κ2) is 4.53. The van der Waals surface area contributed by atoms with Crippen LogP contribution in [0.1, 0.15) is 42.6 Å². The van der Waals surface area contributed by atoms with E-state index in [-0.39, 0.29) is 11.6 Å². The van der Waals surface area contributed by atoms with E-state index in [2.05, 4.69) is 21.7 Å². The molecule has 1 saturated carbocycles. The predicted octanol–water partition coefficient (Wildman–Crippen LogP) is 0.771. The third kappa shape index (κ3) is 2.44. The van der Waals surface area contributed by atoms with E-state index in [0.29, 0.717) is 0 Å². The van der Waals surface area contributed by atoms with E-state index in [1.165, 1.54) is 4.68 Å². The molecule has 1 aromatic rings.